The number of hydrogen-bond donors (Lipinski definition) is 1. The van der Waals surface area contributed by atoms with Crippen LogP contribution in [0.15, 0.2) is 27.6 Å². The van der Waals surface area contributed by atoms with Gasteiger partial charge in [-0.2, -0.15) is 4.31 Å². The highest BCUT2D eigenvalue weighted by Crippen LogP contribution is 2.24. The molecule has 2 N–H and O–H groups in total. The van der Waals surface area contributed by atoms with Crippen LogP contribution in [0.1, 0.15) is 0 Å². The van der Waals surface area contributed by atoms with Gasteiger partial charge in [0.25, 0.3) is 0 Å². The van der Waals surface area contributed by atoms with Gasteiger partial charge in [0.2, 0.25) is 10.0 Å². The second-order valence-electron chi connectivity index (χ2n) is 3.15. The molecule has 0 heterocycles. The molecule has 1 aromatic carbocycles. The first kappa shape index (κ1) is 13.0. The van der Waals surface area contributed by atoms with Crippen molar-refractivity contribution in [2.24, 2.45) is 0 Å². The molecule has 1 aromatic rings. The number of terminal acetylenes is 1. The van der Waals surface area contributed by atoms with Gasteiger partial charge in [-0.05, 0) is 34.1 Å². The minimum atomic E-state index is -3.54. The van der Waals surface area contributed by atoms with E-state index >= 15 is 0 Å². The van der Waals surface area contributed by atoms with E-state index in [-0.39, 0.29) is 11.4 Å². The van der Waals surface area contributed by atoms with Crippen LogP contribution in [-0.2, 0) is 10.0 Å². The standard InChI is InChI=1S/C10H11BrN2O2S/c1-3-6-13(2)16(14,15)8-4-5-10(12)9(11)7-8/h1,4-5,7H,6,12H2,2H3. The summed E-state index contributed by atoms with van der Waals surface area (Å²) in [5.74, 6) is 2.28. The highest BCUT2D eigenvalue weighted by molar-refractivity contribution is 9.10. The summed E-state index contributed by atoms with van der Waals surface area (Å²) in [6.07, 6.45) is 5.07. The summed E-state index contributed by atoms with van der Waals surface area (Å²) in [5.41, 5.74) is 6.06. The first-order valence-corrected chi connectivity index (χ1v) is 6.57. The first-order chi connectivity index (χ1) is 7.39. The van der Waals surface area contributed by atoms with Crippen molar-refractivity contribution in [2.45, 2.75) is 4.90 Å². The maximum atomic E-state index is 12.0. The second-order valence-corrected chi connectivity index (χ2v) is 6.05. The number of sulfonamides is 1. The van der Waals surface area contributed by atoms with Crippen LogP contribution in [0, 0.1) is 12.3 Å². The highest BCUT2D eigenvalue weighted by Gasteiger charge is 2.20. The van der Waals surface area contributed by atoms with Crippen LogP contribution in [0.5, 0.6) is 0 Å². The smallest absolute Gasteiger partial charge is 0.243 e. The molecule has 0 spiro atoms. The van der Waals surface area contributed by atoms with Gasteiger partial charge in [0.15, 0.2) is 0 Å². The lowest BCUT2D eigenvalue weighted by Gasteiger charge is -2.14. The van der Waals surface area contributed by atoms with Crippen LogP contribution in [-0.4, -0.2) is 26.3 Å². The van der Waals surface area contributed by atoms with Gasteiger partial charge >= 0.3 is 0 Å². The summed E-state index contributed by atoms with van der Waals surface area (Å²) in [6, 6.07) is 4.43. The lowest BCUT2D eigenvalue weighted by atomic mass is 10.3. The van der Waals surface area contributed by atoms with E-state index in [1.54, 1.807) is 0 Å². The van der Waals surface area contributed by atoms with Crippen molar-refractivity contribution in [3.63, 3.8) is 0 Å². The molecule has 1 rings (SSSR count). The molecule has 0 amide bonds. The number of nitrogen functional groups attached to an aromatic ring is 1. The average molecular weight is 303 g/mol. The number of benzene rings is 1. The Morgan fingerprint density at radius 2 is 2.19 bits per heavy atom. The zero-order valence-electron chi connectivity index (χ0n) is 8.64. The van der Waals surface area contributed by atoms with Crippen LogP contribution >= 0.6 is 15.9 Å². The van der Waals surface area contributed by atoms with E-state index in [1.165, 1.54) is 25.2 Å². The van der Waals surface area contributed by atoms with Crippen LogP contribution in [0.3, 0.4) is 0 Å². The number of rotatable bonds is 3. The fourth-order valence-electron chi connectivity index (χ4n) is 1.06. The molecule has 0 radical (unpaired) electrons. The third kappa shape index (κ3) is 2.55. The minimum absolute atomic E-state index is 0.0321. The van der Waals surface area contributed by atoms with Gasteiger partial charge in [-0.15, -0.1) is 6.42 Å². The Kier molecular flexibility index (Phi) is 3.97. The van der Waals surface area contributed by atoms with Crippen molar-refractivity contribution in [3.8, 4) is 12.3 Å². The molecule has 0 saturated heterocycles. The fourth-order valence-corrected chi connectivity index (χ4v) is 2.70. The van der Waals surface area contributed by atoms with E-state index in [1.807, 2.05) is 0 Å². The maximum Gasteiger partial charge on any atom is 0.243 e. The van der Waals surface area contributed by atoms with Gasteiger partial charge in [0.05, 0.1) is 11.4 Å². The normalized spacial score (nSPS) is 11.4. The van der Waals surface area contributed by atoms with Crippen molar-refractivity contribution in [1.29, 1.82) is 0 Å². The summed E-state index contributed by atoms with van der Waals surface area (Å²) < 4.78 is 25.6. The maximum absolute atomic E-state index is 12.0. The SMILES string of the molecule is C#CCN(C)S(=O)(=O)c1ccc(N)c(Br)c1. The summed E-state index contributed by atoms with van der Waals surface area (Å²) in [5, 5.41) is 0. The summed E-state index contributed by atoms with van der Waals surface area (Å²) in [4.78, 5) is 0.159. The number of nitrogens with zero attached hydrogens (tertiary/aromatic N) is 1. The van der Waals surface area contributed by atoms with Gasteiger partial charge < -0.3 is 5.73 Å². The molecule has 0 bridgehead atoms. The van der Waals surface area contributed by atoms with Crippen molar-refractivity contribution in [2.75, 3.05) is 19.3 Å². The number of halogens is 1. The Morgan fingerprint density at radius 1 is 1.56 bits per heavy atom. The molecule has 0 saturated carbocycles. The zero-order valence-corrected chi connectivity index (χ0v) is 11.0. The molecular weight excluding hydrogens is 292 g/mol. The number of hydrogen-bond acceptors (Lipinski definition) is 3. The molecule has 0 atom stereocenters. The van der Waals surface area contributed by atoms with Gasteiger partial charge in [-0.1, -0.05) is 5.92 Å². The third-order valence-electron chi connectivity index (χ3n) is 1.99. The van der Waals surface area contributed by atoms with Gasteiger partial charge in [-0.25, -0.2) is 8.42 Å². The predicted octanol–water partition coefficient (Wildman–Crippen LogP) is 1.29. The van der Waals surface area contributed by atoms with Gasteiger partial charge in [0.1, 0.15) is 0 Å². The van der Waals surface area contributed by atoms with Gasteiger partial charge in [0, 0.05) is 17.2 Å². The van der Waals surface area contributed by atoms with Crippen LogP contribution in [0.4, 0.5) is 5.69 Å². The largest absolute Gasteiger partial charge is 0.398 e. The molecule has 0 aliphatic heterocycles. The lowest BCUT2D eigenvalue weighted by molar-refractivity contribution is 0.503. The Hall–Kier alpha value is -1.03. The summed E-state index contributed by atoms with van der Waals surface area (Å²) >= 11 is 3.18. The van der Waals surface area contributed by atoms with E-state index in [4.69, 9.17) is 12.2 Å². The van der Waals surface area contributed by atoms with Crippen LogP contribution in [0.25, 0.3) is 0 Å². The quantitative estimate of drug-likeness (QED) is 0.676. The fraction of sp³-hybridized carbons (Fsp3) is 0.200. The van der Waals surface area contributed by atoms with Crippen molar-refractivity contribution in [1.82, 2.24) is 4.31 Å². The monoisotopic (exact) mass is 302 g/mol. The highest BCUT2D eigenvalue weighted by atomic mass is 79.9. The van der Waals surface area contributed by atoms with E-state index in [9.17, 15) is 8.42 Å². The molecule has 0 aromatic heterocycles. The van der Waals surface area contributed by atoms with Crippen molar-refractivity contribution < 1.29 is 8.42 Å². The third-order valence-corrected chi connectivity index (χ3v) is 4.48. The van der Waals surface area contributed by atoms with E-state index in [0.717, 1.165) is 4.31 Å². The van der Waals surface area contributed by atoms with Gasteiger partial charge in [-0.3, -0.25) is 0 Å². The Balaban J connectivity index is 3.18. The van der Waals surface area contributed by atoms with Crippen molar-refractivity contribution in [3.05, 3.63) is 22.7 Å². The molecule has 16 heavy (non-hydrogen) atoms. The zero-order chi connectivity index (χ0) is 12.3. The molecule has 0 aliphatic carbocycles. The predicted molar refractivity (Wildman–Crippen MR) is 67.2 cm³/mol. The van der Waals surface area contributed by atoms with E-state index < -0.39 is 10.0 Å². The lowest BCUT2D eigenvalue weighted by Crippen LogP contribution is -2.27. The average Bonchev–Trinajstić information content (AvgIpc) is 2.22. The summed E-state index contributed by atoms with van der Waals surface area (Å²) in [7, 11) is -2.11. The second kappa shape index (κ2) is 4.87. The Bertz CT molecular complexity index is 534. The first-order valence-electron chi connectivity index (χ1n) is 4.34. The number of nitrogens with two attached hydrogens (primary N) is 1. The Labute approximate surface area is 104 Å². The van der Waals surface area contributed by atoms with E-state index in [0.29, 0.717) is 10.2 Å². The topological polar surface area (TPSA) is 63.4 Å². The Morgan fingerprint density at radius 3 is 2.69 bits per heavy atom. The molecule has 0 aliphatic rings. The van der Waals surface area contributed by atoms with Crippen LogP contribution < -0.4 is 5.73 Å². The van der Waals surface area contributed by atoms with Crippen LogP contribution in [0.2, 0.25) is 0 Å². The minimum Gasteiger partial charge on any atom is -0.398 e. The molecule has 86 valence electrons. The summed E-state index contributed by atoms with van der Waals surface area (Å²) in [6.45, 7) is 0.0321. The molecule has 0 fully saturated rings. The number of anilines is 1. The molecular formula is C10H11BrN2O2S. The molecule has 6 heteroatoms. The molecule has 0 unspecified atom stereocenters. The van der Waals surface area contributed by atoms with E-state index in [2.05, 4.69) is 21.9 Å². The van der Waals surface area contributed by atoms with Crippen molar-refractivity contribution >= 4 is 31.6 Å². The molecule has 4 nitrogen and oxygen atoms in total.